The van der Waals surface area contributed by atoms with Crippen molar-refractivity contribution in [2.75, 3.05) is 12.5 Å². The molecule has 0 fully saturated rings. The van der Waals surface area contributed by atoms with Crippen LogP contribution < -0.4 is 0 Å². The van der Waals surface area contributed by atoms with E-state index in [1.54, 1.807) is 0 Å². The van der Waals surface area contributed by atoms with E-state index in [0.29, 0.717) is 4.75 Å². The zero-order valence-corrected chi connectivity index (χ0v) is 17.1. The Morgan fingerprint density at radius 1 is 0.864 bits per heavy atom. The van der Waals surface area contributed by atoms with Gasteiger partial charge in [0.25, 0.3) is 0 Å². The van der Waals surface area contributed by atoms with Gasteiger partial charge in [0.2, 0.25) is 0 Å². The highest BCUT2D eigenvalue weighted by atomic mass is 32.3. The molecule has 1 aromatic carbocycles. The summed E-state index contributed by atoms with van der Waals surface area (Å²) in [5, 5.41) is 0. The molecule has 0 aromatic heterocycles. The van der Waals surface area contributed by atoms with Crippen molar-refractivity contribution in [2.24, 2.45) is 0 Å². The zero-order valence-electron chi connectivity index (χ0n) is 15.4. The van der Waals surface area contributed by atoms with E-state index >= 15 is 0 Å². The van der Waals surface area contributed by atoms with E-state index in [0.717, 1.165) is 0 Å². The van der Waals surface area contributed by atoms with Crippen molar-refractivity contribution >= 4 is 21.8 Å². The molecule has 0 atom stereocenters. The van der Waals surface area contributed by atoms with Gasteiger partial charge in [0.15, 0.2) is 0 Å². The molecule has 124 valence electrons. The molecule has 0 bridgehead atoms. The van der Waals surface area contributed by atoms with E-state index in [2.05, 4.69) is 103 Å². The highest BCUT2D eigenvalue weighted by Crippen LogP contribution is 2.59. The second-order valence-electron chi connectivity index (χ2n) is 7.20. The van der Waals surface area contributed by atoms with Crippen molar-refractivity contribution in [1.82, 2.24) is 0 Å². The van der Waals surface area contributed by atoms with Crippen molar-refractivity contribution in [3.8, 4) is 0 Å². The monoisotopic (exact) mass is 336 g/mol. The minimum absolute atomic E-state index is 0.0252. The third-order valence-electron chi connectivity index (χ3n) is 4.28. The van der Waals surface area contributed by atoms with E-state index in [4.69, 9.17) is 0 Å². The van der Waals surface area contributed by atoms with Gasteiger partial charge in [0.1, 0.15) is 0 Å². The van der Waals surface area contributed by atoms with Crippen molar-refractivity contribution in [2.45, 2.75) is 60.8 Å². The molecule has 0 amide bonds. The maximum Gasteiger partial charge on any atom is 0.0537 e. The van der Waals surface area contributed by atoms with Crippen LogP contribution in [0.4, 0.5) is 0 Å². The van der Waals surface area contributed by atoms with Crippen LogP contribution in [0.2, 0.25) is 0 Å². The number of benzene rings is 1. The molecule has 0 radical (unpaired) electrons. The van der Waals surface area contributed by atoms with Gasteiger partial charge in [-0.2, -0.15) is 0 Å². The van der Waals surface area contributed by atoms with Crippen LogP contribution in [0.25, 0.3) is 0 Å². The molecular formula is C20H32S2. The van der Waals surface area contributed by atoms with E-state index in [1.807, 2.05) is 11.8 Å². The lowest BCUT2D eigenvalue weighted by molar-refractivity contribution is 0.786. The van der Waals surface area contributed by atoms with Crippen LogP contribution in [-0.4, -0.2) is 22.0 Å². The van der Waals surface area contributed by atoms with Crippen LogP contribution >= 0.6 is 21.8 Å². The fourth-order valence-electron chi connectivity index (χ4n) is 2.24. The fraction of sp³-hybridized carbons (Fsp3) is 0.500. The Labute approximate surface area is 143 Å². The lowest BCUT2D eigenvalue weighted by atomic mass is 10.1. The Kier molecular flexibility index (Phi) is 6.46. The summed E-state index contributed by atoms with van der Waals surface area (Å²) < 4.78 is 0.351. The average Bonchev–Trinajstić information content (AvgIpc) is 2.38. The van der Waals surface area contributed by atoms with Crippen LogP contribution in [-0.2, 0) is 0 Å². The first-order valence-corrected chi connectivity index (χ1v) is 11.1. The van der Waals surface area contributed by atoms with Crippen LogP contribution in [0.5, 0.6) is 0 Å². The van der Waals surface area contributed by atoms with Gasteiger partial charge < -0.3 is 0 Å². The fourth-order valence-corrected chi connectivity index (χ4v) is 4.95. The lowest BCUT2D eigenvalue weighted by Crippen LogP contribution is -2.23. The smallest absolute Gasteiger partial charge is 0.0537 e. The average molecular weight is 337 g/mol. The van der Waals surface area contributed by atoms with Gasteiger partial charge in [-0.05, 0) is 67.2 Å². The minimum atomic E-state index is -0.795. The van der Waals surface area contributed by atoms with Gasteiger partial charge in [0, 0.05) is 4.90 Å². The molecule has 0 heterocycles. The standard InChI is InChI=1S/C20H32S2/c1-9-15-20(6,16-10-2)21-17-11-13-18(14-12-17)22(7,8)19(3,4)5/h9-16H,1-8H3. The maximum absolute atomic E-state index is 2.42. The molecule has 0 nitrogen and oxygen atoms in total. The zero-order chi connectivity index (χ0) is 17.0. The Morgan fingerprint density at radius 2 is 1.32 bits per heavy atom. The van der Waals surface area contributed by atoms with Crippen LogP contribution in [0, 0.1) is 0 Å². The van der Waals surface area contributed by atoms with E-state index in [9.17, 15) is 0 Å². The molecule has 0 N–H and O–H groups in total. The van der Waals surface area contributed by atoms with Crippen molar-refractivity contribution in [3.05, 3.63) is 48.6 Å². The molecule has 0 unspecified atom stereocenters. The van der Waals surface area contributed by atoms with E-state index in [-0.39, 0.29) is 4.75 Å². The molecule has 22 heavy (non-hydrogen) atoms. The Morgan fingerprint density at radius 3 is 1.68 bits per heavy atom. The van der Waals surface area contributed by atoms with E-state index in [1.165, 1.54) is 9.79 Å². The van der Waals surface area contributed by atoms with Crippen molar-refractivity contribution in [1.29, 1.82) is 0 Å². The summed E-state index contributed by atoms with van der Waals surface area (Å²) in [6.07, 6.45) is 13.6. The Hall–Kier alpha value is -0.600. The summed E-state index contributed by atoms with van der Waals surface area (Å²) in [4.78, 5) is 2.81. The predicted molar refractivity (Wildman–Crippen MR) is 108 cm³/mol. The highest BCUT2D eigenvalue weighted by molar-refractivity contribution is 8.33. The molecule has 0 aliphatic carbocycles. The summed E-state index contributed by atoms with van der Waals surface area (Å²) in [6, 6.07) is 9.22. The minimum Gasteiger partial charge on any atom is -0.215 e. The summed E-state index contributed by atoms with van der Waals surface area (Å²) >= 11 is 1.90. The summed E-state index contributed by atoms with van der Waals surface area (Å²) in [7, 11) is -0.795. The molecule has 2 heteroatoms. The first kappa shape index (κ1) is 19.4. The lowest BCUT2D eigenvalue weighted by Gasteiger charge is -2.45. The van der Waals surface area contributed by atoms with Crippen LogP contribution in [0.15, 0.2) is 58.4 Å². The van der Waals surface area contributed by atoms with Gasteiger partial charge in [-0.1, -0.05) is 45.1 Å². The van der Waals surface area contributed by atoms with E-state index < -0.39 is 10.0 Å². The molecule has 1 rings (SSSR count). The SMILES string of the molecule is CC=CC(C)(C=CC)Sc1ccc(S(C)(C)C(C)(C)C)cc1. The molecule has 0 aliphatic heterocycles. The third-order valence-corrected chi connectivity index (χ3v) is 10.0. The molecule has 0 aliphatic rings. The number of thioether (sulfide) groups is 1. The molecule has 0 saturated carbocycles. The van der Waals surface area contributed by atoms with Crippen molar-refractivity contribution in [3.63, 3.8) is 0 Å². The van der Waals surface area contributed by atoms with Gasteiger partial charge in [0.05, 0.1) is 4.75 Å². The van der Waals surface area contributed by atoms with Gasteiger partial charge >= 0.3 is 0 Å². The highest BCUT2D eigenvalue weighted by Gasteiger charge is 2.29. The predicted octanol–water partition coefficient (Wildman–Crippen LogP) is 6.91. The van der Waals surface area contributed by atoms with Crippen molar-refractivity contribution < 1.29 is 0 Å². The summed E-state index contributed by atoms with van der Waals surface area (Å²) in [5.74, 6) is 0. The second kappa shape index (κ2) is 7.31. The maximum atomic E-state index is 2.42. The third kappa shape index (κ3) is 4.70. The van der Waals surface area contributed by atoms with Crippen LogP contribution in [0.1, 0.15) is 41.5 Å². The molecule has 1 aromatic rings. The number of hydrogen-bond acceptors (Lipinski definition) is 1. The van der Waals surface area contributed by atoms with Crippen LogP contribution in [0.3, 0.4) is 0 Å². The van der Waals surface area contributed by atoms with Gasteiger partial charge in [-0.3, -0.25) is 0 Å². The number of hydrogen-bond donors (Lipinski definition) is 0. The quantitative estimate of drug-likeness (QED) is 0.416. The van der Waals surface area contributed by atoms with Gasteiger partial charge in [-0.25, -0.2) is 10.0 Å². The van der Waals surface area contributed by atoms with Gasteiger partial charge in [-0.15, -0.1) is 11.8 Å². The normalized spacial score (nSPS) is 17.1. The Balaban J connectivity index is 3.03. The second-order valence-corrected chi connectivity index (χ2v) is 13.1. The Bertz CT molecular complexity index is 516. The summed E-state index contributed by atoms with van der Waals surface area (Å²) in [6.45, 7) is 13.5. The molecule has 0 spiro atoms. The first-order chi connectivity index (χ1) is 10.1. The molecule has 0 saturated heterocycles. The topological polar surface area (TPSA) is 0 Å². The summed E-state index contributed by atoms with van der Waals surface area (Å²) in [5.41, 5.74) is 0. The number of rotatable bonds is 5. The molecular weight excluding hydrogens is 304 g/mol. The first-order valence-electron chi connectivity index (χ1n) is 7.85. The largest absolute Gasteiger partial charge is 0.215 e. The number of allylic oxidation sites excluding steroid dienone is 2.